The molecule has 0 radical (unpaired) electrons. The van der Waals surface area contributed by atoms with Crippen molar-refractivity contribution in [3.8, 4) is 17.6 Å². The first-order valence-corrected chi connectivity index (χ1v) is 11.2. The van der Waals surface area contributed by atoms with Gasteiger partial charge in [-0.15, -0.1) is 0 Å². The third-order valence-electron chi connectivity index (χ3n) is 4.50. The average Bonchev–Trinajstić information content (AvgIpc) is 2.78. The smallest absolute Gasteiger partial charge is 0.287 e. The van der Waals surface area contributed by atoms with Crippen molar-refractivity contribution >= 4 is 21.6 Å². The molecule has 0 saturated heterocycles. The van der Waals surface area contributed by atoms with Gasteiger partial charge in [0.25, 0.3) is 5.91 Å². The summed E-state index contributed by atoms with van der Waals surface area (Å²) in [5, 5.41) is 19.7. The van der Waals surface area contributed by atoms with E-state index >= 15 is 0 Å². The van der Waals surface area contributed by atoms with Gasteiger partial charge in [0.1, 0.15) is 5.75 Å². The Kier molecular flexibility index (Phi) is 7.03. The molecule has 1 unspecified atom stereocenters. The van der Waals surface area contributed by atoms with Crippen molar-refractivity contribution in [2.24, 2.45) is 4.36 Å². The van der Waals surface area contributed by atoms with Gasteiger partial charge in [-0.25, -0.2) is 4.21 Å². The number of rotatable bonds is 5. The summed E-state index contributed by atoms with van der Waals surface area (Å²) in [5.74, 6) is 3.35. The van der Waals surface area contributed by atoms with Crippen molar-refractivity contribution in [1.82, 2.24) is 4.98 Å². The second kappa shape index (κ2) is 9.90. The number of carboxylic acids is 1. The first-order valence-electron chi connectivity index (χ1n) is 9.66. The number of phenols is 1. The van der Waals surface area contributed by atoms with E-state index in [4.69, 9.17) is 0 Å². The highest BCUT2D eigenvalue weighted by Crippen LogP contribution is 2.22. The Hall–Kier alpha value is -3.96. The predicted octanol–water partition coefficient (Wildman–Crippen LogP) is 2.38. The fourth-order valence-electron chi connectivity index (χ4n) is 2.95. The summed E-state index contributed by atoms with van der Waals surface area (Å²) in [6, 6.07) is 15.6. The molecule has 0 aliphatic rings. The number of phenolic OH excluding ortho intramolecular Hbond substituents is 1. The summed E-state index contributed by atoms with van der Waals surface area (Å²) >= 11 is 0. The number of nitrogens with zero attached hydrogens (tertiary/aromatic N) is 2. The molecule has 1 N–H and O–H groups in total. The number of aromatic hydroxyl groups is 1. The SMILES string of the molecule is CC[C@@H](C(=O)[O-])S(=O)(=NC(=O)c1cncc(C#Cc2cccc(O)c2)c1)c1ccccc1. The Labute approximate surface area is 186 Å². The highest BCUT2D eigenvalue weighted by atomic mass is 32.2. The van der Waals surface area contributed by atoms with Crippen LogP contribution in [-0.4, -0.2) is 31.4 Å². The van der Waals surface area contributed by atoms with E-state index < -0.39 is 26.9 Å². The van der Waals surface area contributed by atoms with Gasteiger partial charge in [-0.05, 0) is 42.8 Å². The number of amides is 1. The lowest BCUT2D eigenvalue weighted by atomic mass is 10.1. The molecule has 7 nitrogen and oxygen atoms in total. The fourth-order valence-corrected chi connectivity index (χ4v) is 5.12. The molecule has 2 atom stereocenters. The van der Waals surface area contributed by atoms with Crippen LogP contribution in [0.5, 0.6) is 5.75 Å². The Morgan fingerprint density at radius 2 is 1.78 bits per heavy atom. The topological polar surface area (TPSA) is 120 Å². The number of carbonyl (C=O) groups is 2. The molecule has 162 valence electrons. The standard InChI is InChI=1S/C24H20N2O5S/c1-2-22(24(29)30)32(31,21-9-4-3-5-10-21)26-23(28)19-13-18(15-25-16-19)12-11-17-7-6-8-20(27)14-17/h3-10,13-16,22,27H,2H2,1H3,(H,29,30)/p-1/t22-,32?/m0/s1. The molecule has 0 aliphatic heterocycles. The van der Waals surface area contributed by atoms with E-state index in [2.05, 4.69) is 21.2 Å². The average molecular weight is 447 g/mol. The summed E-state index contributed by atoms with van der Waals surface area (Å²) in [6.07, 6.45) is 2.66. The molecular weight excluding hydrogens is 428 g/mol. The van der Waals surface area contributed by atoms with Crippen molar-refractivity contribution in [2.45, 2.75) is 23.5 Å². The lowest BCUT2D eigenvalue weighted by Crippen LogP contribution is -2.40. The number of pyridine rings is 1. The maximum atomic E-state index is 13.7. The Morgan fingerprint density at radius 3 is 2.44 bits per heavy atom. The molecular formula is C24H19N2O5S-. The van der Waals surface area contributed by atoms with Crippen LogP contribution in [0.3, 0.4) is 0 Å². The van der Waals surface area contributed by atoms with Gasteiger partial charge in [0, 0.05) is 28.4 Å². The highest BCUT2D eigenvalue weighted by molar-refractivity contribution is 7.95. The van der Waals surface area contributed by atoms with Crippen molar-refractivity contribution in [3.05, 3.63) is 89.7 Å². The monoisotopic (exact) mass is 447 g/mol. The fraction of sp³-hybridized carbons (Fsp3) is 0.125. The van der Waals surface area contributed by atoms with Gasteiger partial charge in [0.2, 0.25) is 0 Å². The summed E-state index contributed by atoms with van der Waals surface area (Å²) in [5.41, 5.74) is 0.982. The van der Waals surface area contributed by atoms with Crippen LogP contribution in [0, 0.1) is 11.8 Å². The van der Waals surface area contributed by atoms with Crippen LogP contribution in [0.1, 0.15) is 34.8 Å². The molecule has 3 aromatic rings. The maximum absolute atomic E-state index is 13.7. The summed E-state index contributed by atoms with van der Waals surface area (Å²) in [4.78, 5) is 28.6. The van der Waals surface area contributed by atoms with Crippen LogP contribution in [0.2, 0.25) is 0 Å². The number of carbonyl (C=O) groups excluding carboxylic acids is 2. The summed E-state index contributed by atoms with van der Waals surface area (Å²) in [6.45, 7) is 1.54. The van der Waals surface area contributed by atoms with Crippen LogP contribution in [-0.2, 0) is 14.5 Å². The Balaban J connectivity index is 2.02. The molecule has 3 rings (SSSR count). The van der Waals surface area contributed by atoms with E-state index in [1.807, 2.05) is 0 Å². The highest BCUT2D eigenvalue weighted by Gasteiger charge is 2.27. The van der Waals surface area contributed by atoms with Gasteiger partial charge in [0.15, 0.2) is 0 Å². The number of hydrogen-bond donors (Lipinski definition) is 1. The first-order chi connectivity index (χ1) is 15.3. The van der Waals surface area contributed by atoms with Gasteiger partial charge in [-0.2, -0.15) is 4.36 Å². The van der Waals surface area contributed by atoms with Gasteiger partial charge in [0.05, 0.1) is 26.5 Å². The number of carboxylic acid groups (broad SMARTS) is 1. The summed E-state index contributed by atoms with van der Waals surface area (Å²) in [7, 11) is -3.66. The molecule has 0 fully saturated rings. The van der Waals surface area contributed by atoms with Crippen LogP contribution in [0.25, 0.3) is 0 Å². The number of aromatic nitrogens is 1. The zero-order chi connectivity index (χ0) is 23.1. The molecule has 0 aliphatic carbocycles. The molecule has 32 heavy (non-hydrogen) atoms. The predicted molar refractivity (Wildman–Crippen MR) is 117 cm³/mol. The maximum Gasteiger partial charge on any atom is 0.287 e. The van der Waals surface area contributed by atoms with E-state index in [9.17, 15) is 24.0 Å². The minimum absolute atomic E-state index is 0.0181. The normalized spacial score (nSPS) is 13.2. The summed E-state index contributed by atoms with van der Waals surface area (Å²) < 4.78 is 17.5. The van der Waals surface area contributed by atoms with Gasteiger partial charge in [-0.1, -0.05) is 43.0 Å². The Morgan fingerprint density at radius 1 is 1.06 bits per heavy atom. The molecule has 0 spiro atoms. The van der Waals surface area contributed by atoms with E-state index in [1.54, 1.807) is 37.3 Å². The van der Waals surface area contributed by atoms with E-state index in [0.717, 1.165) is 0 Å². The molecule has 0 bridgehead atoms. The second-order valence-electron chi connectivity index (χ2n) is 6.76. The van der Waals surface area contributed by atoms with Crippen LogP contribution in [0.15, 0.2) is 82.3 Å². The van der Waals surface area contributed by atoms with Crippen LogP contribution in [0.4, 0.5) is 0 Å². The molecule has 1 aromatic heterocycles. The lowest BCUT2D eigenvalue weighted by Gasteiger charge is -2.21. The second-order valence-corrected chi connectivity index (χ2v) is 9.12. The number of benzene rings is 2. The van der Waals surface area contributed by atoms with Crippen molar-refractivity contribution in [2.75, 3.05) is 0 Å². The third kappa shape index (κ3) is 5.20. The van der Waals surface area contributed by atoms with Crippen molar-refractivity contribution in [1.29, 1.82) is 0 Å². The molecule has 1 heterocycles. The number of aliphatic carboxylic acids is 1. The molecule has 0 saturated carbocycles. The van der Waals surface area contributed by atoms with Crippen LogP contribution >= 0.6 is 0 Å². The van der Waals surface area contributed by atoms with Crippen molar-refractivity contribution < 1.29 is 24.0 Å². The van der Waals surface area contributed by atoms with Crippen LogP contribution < -0.4 is 5.11 Å². The van der Waals surface area contributed by atoms with E-state index in [1.165, 1.54) is 42.7 Å². The molecule has 8 heteroatoms. The zero-order valence-electron chi connectivity index (χ0n) is 17.1. The van der Waals surface area contributed by atoms with Gasteiger partial charge in [-0.3, -0.25) is 9.78 Å². The minimum Gasteiger partial charge on any atom is -0.549 e. The quantitative estimate of drug-likeness (QED) is 0.600. The molecule has 1 amide bonds. The van der Waals surface area contributed by atoms with Crippen molar-refractivity contribution in [3.63, 3.8) is 0 Å². The van der Waals surface area contributed by atoms with Gasteiger partial charge >= 0.3 is 0 Å². The lowest BCUT2D eigenvalue weighted by molar-refractivity contribution is -0.304. The van der Waals surface area contributed by atoms with E-state index in [0.29, 0.717) is 11.1 Å². The zero-order valence-corrected chi connectivity index (χ0v) is 17.9. The Bertz CT molecular complexity index is 1330. The number of hydrogen-bond acceptors (Lipinski definition) is 6. The first kappa shape index (κ1) is 22.7. The van der Waals surface area contributed by atoms with E-state index in [-0.39, 0.29) is 22.6 Å². The largest absolute Gasteiger partial charge is 0.549 e. The molecule has 2 aromatic carbocycles. The van der Waals surface area contributed by atoms with Gasteiger partial charge < -0.3 is 15.0 Å². The minimum atomic E-state index is -3.66. The third-order valence-corrected chi connectivity index (χ3v) is 7.18.